The number of rotatable bonds is 7. The molecular formula is C12H21N3. The first-order chi connectivity index (χ1) is 7.33. The number of nitrogens with zero attached hydrogens (tertiary/aromatic N) is 1. The number of aryl methyl sites for hydroxylation is 1. The minimum Gasteiger partial charge on any atom is -0.317 e. The number of aromatic nitrogens is 1. The fourth-order valence-corrected chi connectivity index (χ4v) is 1.46. The van der Waals surface area contributed by atoms with Crippen molar-refractivity contribution < 1.29 is 0 Å². The number of hydrogen-bond acceptors (Lipinski definition) is 3. The maximum absolute atomic E-state index is 4.16. The average Bonchev–Trinajstić information content (AvgIpc) is 2.23. The van der Waals surface area contributed by atoms with E-state index in [0.29, 0.717) is 0 Å². The lowest BCUT2D eigenvalue weighted by molar-refractivity contribution is 0.605. The van der Waals surface area contributed by atoms with Gasteiger partial charge in [0.25, 0.3) is 0 Å². The molecule has 3 heteroatoms. The quantitative estimate of drug-likeness (QED) is 0.665. The third kappa shape index (κ3) is 5.50. The van der Waals surface area contributed by atoms with Crippen LogP contribution in [0.25, 0.3) is 0 Å². The predicted octanol–water partition coefficient (Wildman–Crippen LogP) is 1.48. The second-order valence-electron chi connectivity index (χ2n) is 3.75. The second kappa shape index (κ2) is 7.37. The van der Waals surface area contributed by atoms with Crippen molar-refractivity contribution in [2.24, 2.45) is 0 Å². The van der Waals surface area contributed by atoms with E-state index < -0.39 is 0 Å². The average molecular weight is 207 g/mol. The van der Waals surface area contributed by atoms with Crippen LogP contribution in [-0.2, 0) is 6.54 Å². The van der Waals surface area contributed by atoms with E-state index in [1.54, 1.807) is 0 Å². The Labute approximate surface area is 92.3 Å². The molecule has 1 rings (SSSR count). The Morgan fingerprint density at radius 1 is 1.20 bits per heavy atom. The van der Waals surface area contributed by atoms with Crippen LogP contribution in [0.3, 0.4) is 0 Å². The van der Waals surface area contributed by atoms with E-state index in [0.717, 1.165) is 26.2 Å². The van der Waals surface area contributed by atoms with Crippen LogP contribution >= 0.6 is 0 Å². The summed E-state index contributed by atoms with van der Waals surface area (Å²) < 4.78 is 0. The normalized spacial score (nSPS) is 10.5. The molecule has 1 aromatic rings. The molecule has 84 valence electrons. The molecule has 0 radical (unpaired) electrons. The number of nitrogens with one attached hydrogen (secondary N) is 2. The van der Waals surface area contributed by atoms with Gasteiger partial charge in [0.2, 0.25) is 0 Å². The molecule has 0 aliphatic heterocycles. The number of pyridine rings is 1. The van der Waals surface area contributed by atoms with Gasteiger partial charge in [-0.1, -0.05) is 13.0 Å². The fourth-order valence-electron chi connectivity index (χ4n) is 1.46. The summed E-state index contributed by atoms with van der Waals surface area (Å²) in [6, 6.07) is 2.17. The summed E-state index contributed by atoms with van der Waals surface area (Å²) in [5, 5.41) is 6.71. The molecule has 15 heavy (non-hydrogen) atoms. The Morgan fingerprint density at radius 2 is 2.00 bits per heavy atom. The van der Waals surface area contributed by atoms with Gasteiger partial charge in [0.1, 0.15) is 0 Å². The van der Waals surface area contributed by atoms with Crippen molar-refractivity contribution in [3.8, 4) is 0 Å². The van der Waals surface area contributed by atoms with Gasteiger partial charge >= 0.3 is 0 Å². The lowest BCUT2D eigenvalue weighted by Crippen LogP contribution is -2.21. The summed E-state index contributed by atoms with van der Waals surface area (Å²) in [5.74, 6) is 0. The first-order valence-electron chi connectivity index (χ1n) is 5.65. The second-order valence-corrected chi connectivity index (χ2v) is 3.75. The van der Waals surface area contributed by atoms with E-state index >= 15 is 0 Å². The molecule has 1 heterocycles. The van der Waals surface area contributed by atoms with Gasteiger partial charge in [-0.15, -0.1) is 0 Å². The van der Waals surface area contributed by atoms with E-state index in [4.69, 9.17) is 0 Å². The molecule has 0 spiro atoms. The highest BCUT2D eigenvalue weighted by Gasteiger charge is 1.93. The summed E-state index contributed by atoms with van der Waals surface area (Å²) in [6.45, 7) is 8.33. The first-order valence-corrected chi connectivity index (χ1v) is 5.65. The molecule has 0 unspecified atom stereocenters. The summed E-state index contributed by atoms with van der Waals surface area (Å²) >= 11 is 0. The smallest absolute Gasteiger partial charge is 0.0313 e. The van der Waals surface area contributed by atoms with Crippen LogP contribution in [-0.4, -0.2) is 24.6 Å². The van der Waals surface area contributed by atoms with Gasteiger partial charge in [-0.3, -0.25) is 4.98 Å². The van der Waals surface area contributed by atoms with Crippen molar-refractivity contribution in [2.75, 3.05) is 19.6 Å². The van der Waals surface area contributed by atoms with Crippen molar-refractivity contribution in [3.05, 3.63) is 29.6 Å². The SMILES string of the molecule is CCNCCCNCc1cncc(C)c1. The molecule has 2 N–H and O–H groups in total. The zero-order valence-corrected chi connectivity index (χ0v) is 9.71. The summed E-state index contributed by atoms with van der Waals surface area (Å²) in [4.78, 5) is 4.16. The van der Waals surface area contributed by atoms with Crippen molar-refractivity contribution in [1.82, 2.24) is 15.6 Å². The maximum Gasteiger partial charge on any atom is 0.0313 e. The van der Waals surface area contributed by atoms with Crippen molar-refractivity contribution in [1.29, 1.82) is 0 Å². The maximum atomic E-state index is 4.16. The molecule has 0 saturated carbocycles. The van der Waals surface area contributed by atoms with Crippen LogP contribution in [0.2, 0.25) is 0 Å². The molecule has 1 aromatic heterocycles. The van der Waals surface area contributed by atoms with Crippen LogP contribution in [0.1, 0.15) is 24.5 Å². The Morgan fingerprint density at radius 3 is 2.73 bits per heavy atom. The van der Waals surface area contributed by atoms with Gasteiger partial charge in [-0.05, 0) is 44.1 Å². The van der Waals surface area contributed by atoms with Crippen LogP contribution in [0.4, 0.5) is 0 Å². The van der Waals surface area contributed by atoms with Gasteiger partial charge in [-0.2, -0.15) is 0 Å². The molecule has 0 aliphatic carbocycles. The van der Waals surface area contributed by atoms with Crippen LogP contribution in [0.5, 0.6) is 0 Å². The zero-order valence-electron chi connectivity index (χ0n) is 9.71. The van der Waals surface area contributed by atoms with Gasteiger partial charge in [-0.25, -0.2) is 0 Å². The van der Waals surface area contributed by atoms with E-state index in [1.807, 2.05) is 12.4 Å². The summed E-state index contributed by atoms with van der Waals surface area (Å²) in [6.07, 6.45) is 4.98. The molecule has 0 atom stereocenters. The Hall–Kier alpha value is -0.930. The first kappa shape index (κ1) is 12.1. The van der Waals surface area contributed by atoms with Gasteiger partial charge in [0.15, 0.2) is 0 Å². The molecule has 3 nitrogen and oxygen atoms in total. The van der Waals surface area contributed by atoms with E-state index in [2.05, 4.69) is 35.5 Å². The van der Waals surface area contributed by atoms with Crippen LogP contribution < -0.4 is 10.6 Å². The monoisotopic (exact) mass is 207 g/mol. The van der Waals surface area contributed by atoms with E-state index in [-0.39, 0.29) is 0 Å². The highest BCUT2D eigenvalue weighted by molar-refractivity contribution is 5.16. The van der Waals surface area contributed by atoms with Crippen molar-refractivity contribution >= 4 is 0 Å². The van der Waals surface area contributed by atoms with Gasteiger partial charge in [0.05, 0.1) is 0 Å². The largest absolute Gasteiger partial charge is 0.317 e. The molecule has 0 amide bonds. The Bertz CT molecular complexity index is 273. The van der Waals surface area contributed by atoms with Crippen molar-refractivity contribution in [3.63, 3.8) is 0 Å². The number of hydrogen-bond donors (Lipinski definition) is 2. The summed E-state index contributed by atoms with van der Waals surface area (Å²) in [7, 11) is 0. The topological polar surface area (TPSA) is 37.0 Å². The van der Waals surface area contributed by atoms with E-state index in [9.17, 15) is 0 Å². The molecule has 0 aliphatic rings. The third-order valence-corrected chi connectivity index (χ3v) is 2.22. The van der Waals surface area contributed by atoms with Gasteiger partial charge < -0.3 is 10.6 Å². The summed E-state index contributed by atoms with van der Waals surface area (Å²) in [5.41, 5.74) is 2.49. The molecule has 0 bridgehead atoms. The molecular weight excluding hydrogens is 186 g/mol. The van der Waals surface area contributed by atoms with Crippen LogP contribution in [0, 0.1) is 6.92 Å². The van der Waals surface area contributed by atoms with Gasteiger partial charge in [0, 0.05) is 18.9 Å². The minimum absolute atomic E-state index is 0.917. The van der Waals surface area contributed by atoms with Crippen molar-refractivity contribution in [2.45, 2.75) is 26.8 Å². The minimum atomic E-state index is 0.917. The highest BCUT2D eigenvalue weighted by atomic mass is 14.9. The lowest BCUT2D eigenvalue weighted by Gasteiger charge is -2.05. The Kier molecular flexibility index (Phi) is 5.97. The lowest BCUT2D eigenvalue weighted by atomic mass is 10.2. The predicted molar refractivity (Wildman–Crippen MR) is 63.8 cm³/mol. The fraction of sp³-hybridized carbons (Fsp3) is 0.583. The third-order valence-electron chi connectivity index (χ3n) is 2.22. The Balaban J connectivity index is 2.10. The molecule has 0 fully saturated rings. The highest BCUT2D eigenvalue weighted by Crippen LogP contribution is 2.00. The van der Waals surface area contributed by atoms with Crippen LogP contribution in [0.15, 0.2) is 18.5 Å². The molecule has 0 aromatic carbocycles. The van der Waals surface area contributed by atoms with E-state index in [1.165, 1.54) is 17.5 Å². The zero-order chi connectivity index (χ0) is 10.9. The molecule has 0 saturated heterocycles. The standard InChI is InChI=1S/C12H21N3/c1-3-13-5-4-6-14-9-12-7-11(2)8-15-10-12/h7-8,10,13-14H,3-6,9H2,1-2H3.